The summed E-state index contributed by atoms with van der Waals surface area (Å²) in [6, 6.07) is 0. The Morgan fingerprint density at radius 1 is 1.56 bits per heavy atom. The first-order chi connectivity index (χ1) is 7.78. The summed E-state index contributed by atoms with van der Waals surface area (Å²) in [6.45, 7) is 6.33. The van der Waals surface area contributed by atoms with Crippen molar-refractivity contribution in [1.82, 2.24) is 15.2 Å². The first-order valence-corrected chi connectivity index (χ1v) is 6.98. The van der Waals surface area contributed by atoms with Crippen molar-refractivity contribution in [3.05, 3.63) is 16.1 Å². The van der Waals surface area contributed by atoms with Gasteiger partial charge in [-0.15, -0.1) is 11.3 Å². The Kier molecular flexibility index (Phi) is 4.32. The molecule has 3 nitrogen and oxygen atoms in total. The SMILES string of the molecule is CCN(C)Cc1csc(CNCC2CC2)n1. The summed E-state index contributed by atoms with van der Waals surface area (Å²) in [5.41, 5.74) is 1.21. The maximum Gasteiger partial charge on any atom is 0.107 e. The maximum absolute atomic E-state index is 4.63. The molecule has 0 bridgehead atoms. The van der Waals surface area contributed by atoms with E-state index in [2.05, 4.69) is 34.6 Å². The summed E-state index contributed by atoms with van der Waals surface area (Å²) >= 11 is 1.77. The molecule has 0 radical (unpaired) electrons. The molecule has 4 heteroatoms. The van der Waals surface area contributed by atoms with Crippen LogP contribution in [0, 0.1) is 5.92 Å². The smallest absolute Gasteiger partial charge is 0.107 e. The van der Waals surface area contributed by atoms with Gasteiger partial charge in [0, 0.05) is 18.5 Å². The monoisotopic (exact) mass is 239 g/mol. The number of hydrogen-bond acceptors (Lipinski definition) is 4. The molecule has 1 N–H and O–H groups in total. The van der Waals surface area contributed by atoms with Gasteiger partial charge >= 0.3 is 0 Å². The standard InChI is InChI=1S/C12H21N3S/c1-3-15(2)8-11-9-16-12(14-11)7-13-6-10-4-5-10/h9-10,13H,3-8H2,1-2H3. The number of rotatable bonds is 7. The molecule has 0 aromatic carbocycles. The summed E-state index contributed by atoms with van der Waals surface area (Å²) in [6.07, 6.45) is 2.83. The van der Waals surface area contributed by atoms with Crippen molar-refractivity contribution in [2.45, 2.75) is 32.9 Å². The highest BCUT2D eigenvalue weighted by Crippen LogP contribution is 2.27. The Balaban J connectivity index is 1.72. The lowest BCUT2D eigenvalue weighted by molar-refractivity contribution is 0.342. The van der Waals surface area contributed by atoms with E-state index in [1.165, 1.54) is 30.1 Å². The van der Waals surface area contributed by atoms with Crippen LogP contribution in [-0.4, -0.2) is 30.0 Å². The van der Waals surface area contributed by atoms with Crippen LogP contribution in [0.15, 0.2) is 5.38 Å². The van der Waals surface area contributed by atoms with Gasteiger partial charge in [-0.3, -0.25) is 0 Å². The zero-order chi connectivity index (χ0) is 11.4. The van der Waals surface area contributed by atoms with Crippen molar-refractivity contribution < 1.29 is 0 Å². The molecule has 1 aromatic heterocycles. The Hall–Kier alpha value is -0.450. The van der Waals surface area contributed by atoms with Crippen LogP contribution in [0.1, 0.15) is 30.5 Å². The summed E-state index contributed by atoms with van der Waals surface area (Å²) in [5.74, 6) is 0.950. The van der Waals surface area contributed by atoms with Crippen LogP contribution in [0.2, 0.25) is 0 Å². The second-order valence-corrected chi connectivity index (χ2v) is 5.58. The number of aromatic nitrogens is 1. The first-order valence-electron chi connectivity index (χ1n) is 6.10. The molecule has 0 saturated heterocycles. The predicted molar refractivity (Wildman–Crippen MR) is 68.6 cm³/mol. The summed E-state index contributed by atoms with van der Waals surface area (Å²) in [5, 5.41) is 6.88. The molecule has 1 aliphatic rings. The molecular formula is C12H21N3S. The molecule has 90 valence electrons. The van der Waals surface area contributed by atoms with E-state index < -0.39 is 0 Å². The Morgan fingerprint density at radius 3 is 3.06 bits per heavy atom. The maximum atomic E-state index is 4.63. The van der Waals surface area contributed by atoms with Gasteiger partial charge in [-0.1, -0.05) is 6.92 Å². The topological polar surface area (TPSA) is 28.2 Å². The van der Waals surface area contributed by atoms with E-state index in [-0.39, 0.29) is 0 Å². The third-order valence-corrected chi connectivity index (χ3v) is 3.87. The number of thiazole rings is 1. The fraction of sp³-hybridized carbons (Fsp3) is 0.750. The van der Waals surface area contributed by atoms with Crippen LogP contribution in [-0.2, 0) is 13.1 Å². The third kappa shape index (κ3) is 3.85. The fourth-order valence-corrected chi connectivity index (χ4v) is 2.35. The lowest BCUT2D eigenvalue weighted by atomic mass is 10.4. The number of nitrogens with one attached hydrogen (secondary N) is 1. The molecule has 0 amide bonds. The van der Waals surface area contributed by atoms with Gasteiger partial charge in [0.1, 0.15) is 5.01 Å². The second-order valence-electron chi connectivity index (χ2n) is 4.64. The average Bonchev–Trinajstić information content (AvgIpc) is 2.99. The van der Waals surface area contributed by atoms with Gasteiger partial charge in [0.2, 0.25) is 0 Å². The van der Waals surface area contributed by atoms with E-state index >= 15 is 0 Å². The lowest BCUT2D eigenvalue weighted by Gasteiger charge is -2.10. The van der Waals surface area contributed by atoms with Crippen molar-refractivity contribution in [2.75, 3.05) is 20.1 Å². The van der Waals surface area contributed by atoms with Gasteiger partial charge in [-0.25, -0.2) is 4.98 Å². The Labute approximate surface area is 102 Å². The molecule has 2 rings (SSSR count). The highest BCUT2D eigenvalue weighted by atomic mass is 32.1. The minimum absolute atomic E-state index is 0.941. The van der Waals surface area contributed by atoms with Crippen molar-refractivity contribution >= 4 is 11.3 Å². The molecule has 0 unspecified atom stereocenters. The lowest BCUT2D eigenvalue weighted by Crippen LogP contribution is -2.18. The largest absolute Gasteiger partial charge is 0.310 e. The molecule has 16 heavy (non-hydrogen) atoms. The van der Waals surface area contributed by atoms with Crippen LogP contribution in [0.25, 0.3) is 0 Å². The predicted octanol–water partition coefficient (Wildman–Crippen LogP) is 2.09. The van der Waals surface area contributed by atoms with E-state index in [1.54, 1.807) is 11.3 Å². The van der Waals surface area contributed by atoms with Gasteiger partial charge in [0.25, 0.3) is 0 Å². The van der Waals surface area contributed by atoms with Crippen LogP contribution in [0.4, 0.5) is 0 Å². The normalized spacial score (nSPS) is 15.9. The highest BCUT2D eigenvalue weighted by molar-refractivity contribution is 7.09. The Bertz CT molecular complexity index is 320. The zero-order valence-corrected chi connectivity index (χ0v) is 11.0. The van der Waals surface area contributed by atoms with Crippen molar-refractivity contribution in [2.24, 2.45) is 5.92 Å². The van der Waals surface area contributed by atoms with E-state index in [0.717, 1.165) is 25.6 Å². The highest BCUT2D eigenvalue weighted by Gasteiger charge is 2.20. The second kappa shape index (κ2) is 5.75. The third-order valence-electron chi connectivity index (χ3n) is 2.98. The van der Waals surface area contributed by atoms with Gasteiger partial charge in [-0.2, -0.15) is 0 Å². The molecule has 1 aromatic rings. The molecule has 1 aliphatic carbocycles. The number of hydrogen-bond donors (Lipinski definition) is 1. The van der Waals surface area contributed by atoms with Gasteiger partial charge < -0.3 is 10.2 Å². The quantitative estimate of drug-likeness (QED) is 0.790. The van der Waals surface area contributed by atoms with Crippen LogP contribution < -0.4 is 5.32 Å². The first kappa shape index (κ1) is 12.0. The molecule has 1 saturated carbocycles. The van der Waals surface area contributed by atoms with Gasteiger partial charge in [0.05, 0.1) is 5.69 Å². The van der Waals surface area contributed by atoms with E-state index in [0.29, 0.717) is 0 Å². The minimum Gasteiger partial charge on any atom is -0.310 e. The van der Waals surface area contributed by atoms with Crippen LogP contribution in [0.3, 0.4) is 0 Å². The van der Waals surface area contributed by atoms with E-state index in [9.17, 15) is 0 Å². The van der Waals surface area contributed by atoms with Crippen molar-refractivity contribution in [1.29, 1.82) is 0 Å². The molecular weight excluding hydrogens is 218 g/mol. The molecule has 0 aliphatic heterocycles. The van der Waals surface area contributed by atoms with Gasteiger partial charge in [0.15, 0.2) is 0 Å². The Morgan fingerprint density at radius 2 is 2.38 bits per heavy atom. The molecule has 0 atom stereocenters. The number of nitrogens with zero attached hydrogens (tertiary/aromatic N) is 2. The van der Waals surface area contributed by atoms with E-state index in [4.69, 9.17) is 0 Å². The summed E-state index contributed by atoms with van der Waals surface area (Å²) in [7, 11) is 2.13. The summed E-state index contributed by atoms with van der Waals surface area (Å²) < 4.78 is 0. The zero-order valence-electron chi connectivity index (χ0n) is 10.2. The van der Waals surface area contributed by atoms with Crippen LogP contribution in [0.5, 0.6) is 0 Å². The molecule has 1 heterocycles. The van der Waals surface area contributed by atoms with Crippen molar-refractivity contribution in [3.63, 3.8) is 0 Å². The summed E-state index contributed by atoms with van der Waals surface area (Å²) in [4.78, 5) is 6.90. The van der Waals surface area contributed by atoms with Gasteiger partial charge in [-0.05, 0) is 38.9 Å². The minimum atomic E-state index is 0.941. The molecule has 1 fully saturated rings. The fourth-order valence-electron chi connectivity index (χ4n) is 1.60. The average molecular weight is 239 g/mol. The van der Waals surface area contributed by atoms with Crippen LogP contribution >= 0.6 is 11.3 Å². The molecule has 0 spiro atoms. The van der Waals surface area contributed by atoms with Crippen molar-refractivity contribution in [3.8, 4) is 0 Å². The van der Waals surface area contributed by atoms with E-state index in [1.807, 2.05) is 0 Å².